The lowest BCUT2D eigenvalue weighted by Gasteiger charge is -2.24. The molecule has 0 radical (unpaired) electrons. The number of amides is 1. The van der Waals surface area contributed by atoms with Crippen molar-refractivity contribution in [3.05, 3.63) is 35.4 Å². The fourth-order valence-electron chi connectivity index (χ4n) is 1.64. The topological polar surface area (TPSA) is 55.8 Å². The largest absolute Gasteiger partial charge is 0.462 e. The molecule has 5 heteroatoms. The molecule has 0 aliphatic carbocycles. The smallest absolute Gasteiger partial charge is 0.410 e. The average molecular weight is 293 g/mol. The maximum Gasteiger partial charge on any atom is 0.410 e. The minimum atomic E-state index is -0.515. The third-order valence-corrected chi connectivity index (χ3v) is 2.59. The summed E-state index contributed by atoms with van der Waals surface area (Å²) in [5.41, 5.74) is 0.899. The van der Waals surface area contributed by atoms with Gasteiger partial charge in [0.2, 0.25) is 0 Å². The van der Waals surface area contributed by atoms with Crippen molar-refractivity contribution in [3.8, 4) is 0 Å². The van der Waals surface area contributed by atoms with E-state index < -0.39 is 5.60 Å². The van der Waals surface area contributed by atoms with Gasteiger partial charge in [-0.3, -0.25) is 0 Å². The highest BCUT2D eigenvalue weighted by Gasteiger charge is 2.19. The summed E-state index contributed by atoms with van der Waals surface area (Å²) < 4.78 is 10.2. The number of nitrogens with zero attached hydrogens (tertiary/aromatic N) is 1. The summed E-state index contributed by atoms with van der Waals surface area (Å²) in [4.78, 5) is 24.9. The molecular weight excluding hydrogens is 270 g/mol. The molecule has 0 unspecified atom stereocenters. The zero-order valence-corrected chi connectivity index (χ0v) is 13.3. The van der Waals surface area contributed by atoms with Crippen molar-refractivity contribution in [2.24, 2.45) is 0 Å². The molecule has 116 valence electrons. The Balaban J connectivity index is 2.63. The van der Waals surface area contributed by atoms with Crippen LogP contribution in [0.25, 0.3) is 0 Å². The minimum absolute atomic E-state index is 0.343. The predicted molar refractivity (Wildman–Crippen MR) is 80.1 cm³/mol. The van der Waals surface area contributed by atoms with Crippen molar-refractivity contribution in [3.63, 3.8) is 0 Å². The number of benzene rings is 1. The van der Waals surface area contributed by atoms with Crippen LogP contribution in [0.5, 0.6) is 0 Å². The highest BCUT2D eigenvalue weighted by molar-refractivity contribution is 5.89. The molecule has 0 spiro atoms. The van der Waals surface area contributed by atoms with Gasteiger partial charge in [0.1, 0.15) is 5.60 Å². The molecule has 0 atom stereocenters. The lowest BCUT2D eigenvalue weighted by molar-refractivity contribution is 0.0284. The number of esters is 1. The van der Waals surface area contributed by atoms with E-state index >= 15 is 0 Å². The number of rotatable bonds is 4. The fraction of sp³-hybridized carbons (Fsp3) is 0.500. The maximum absolute atomic E-state index is 11.9. The molecular formula is C16H23NO4. The van der Waals surface area contributed by atoms with Crippen LogP contribution in [0, 0.1) is 0 Å². The van der Waals surface area contributed by atoms with Crippen LogP contribution in [-0.4, -0.2) is 36.2 Å². The first-order valence-corrected chi connectivity index (χ1v) is 6.93. The van der Waals surface area contributed by atoms with Gasteiger partial charge in [0.25, 0.3) is 0 Å². The fourth-order valence-corrected chi connectivity index (χ4v) is 1.64. The lowest BCUT2D eigenvalue weighted by Crippen LogP contribution is -2.33. The molecule has 0 fully saturated rings. The Kier molecular flexibility index (Phi) is 5.76. The van der Waals surface area contributed by atoms with Gasteiger partial charge in [0, 0.05) is 13.6 Å². The van der Waals surface area contributed by atoms with Crippen LogP contribution in [0.15, 0.2) is 24.3 Å². The van der Waals surface area contributed by atoms with Crippen LogP contribution in [0.4, 0.5) is 4.79 Å². The van der Waals surface area contributed by atoms with E-state index in [0.717, 1.165) is 5.56 Å². The van der Waals surface area contributed by atoms with Gasteiger partial charge in [-0.2, -0.15) is 0 Å². The number of ether oxygens (including phenoxy) is 2. The summed E-state index contributed by atoms with van der Waals surface area (Å²) in [5, 5.41) is 0. The number of carbonyl (C=O) groups is 2. The van der Waals surface area contributed by atoms with Gasteiger partial charge < -0.3 is 14.4 Å². The Bertz CT molecular complexity index is 488. The molecule has 1 aromatic rings. The van der Waals surface area contributed by atoms with Crippen LogP contribution < -0.4 is 0 Å². The predicted octanol–water partition coefficient (Wildman–Crippen LogP) is 3.23. The van der Waals surface area contributed by atoms with Gasteiger partial charge in [-0.15, -0.1) is 0 Å². The van der Waals surface area contributed by atoms with Crippen LogP contribution in [0.2, 0.25) is 0 Å². The molecule has 0 saturated carbocycles. The summed E-state index contributed by atoms with van der Waals surface area (Å²) >= 11 is 0. The van der Waals surface area contributed by atoms with E-state index in [1.54, 1.807) is 38.2 Å². The zero-order valence-electron chi connectivity index (χ0n) is 13.3. The van der Waals surface area contributed by atoms with E-state index in [4.69, 9.17) is 9.47 Å². The zero-order chi connectivity index (χ0) is 16.0. The summed E-state index contributed by atoms with van der Waals surface area (Å²) in [7, 11) is 1.67. The summed E-state index contributed by atoms with van der Waals surface area (Å²) in [6, 6.07) is 6.98. The van der Waals surface area contributed by atoms with Crippen molar-refractivity contribution in [1.29, 1.82) is 0 Å². The first-order valence-electron chi connectivity index (χ1n) is 6.93. The lowest BCUT2D eigenvalue weighted by atomic mass is 10.1. The number of hydrogen-bond donors (Lipinski definition) is 0. The van der Waals surface area contributed by atoms with Gasteiger partial charge in [0.05, 0.1) is 12.2 Å². The standard InChI is InChI=1S/C16H23NO4/c1-6-20-14(18)13-9-7-12(8-10-13)11-17(5)15(19)21-16(2,3)4/h7-10H,6,11H2,1-5H3. The number of carbonyl (C=O) groups excluding carboxylic acids is 2. The van der Waals surface area contributed by atoms with Gasteiger partial charge in [-0.1, -0.05) is 12.1 Å². The Morgan fingerprint density at radius 3 is 2.19 bits per heavy atom. The summed E-state index contributed by atoms with van der Waals surface area (Å²) in [6.07, 6.45) is -0.378. The third kappa shape index (κ3) is 5.85. The first kappa shape index (κ1) is 17.0. The summed E-state index contributed by atoms with van der Waals surface area (Å²) in [5.74, 6) is -0.343. The molecule has 5 nitrogen and oxygen atoms in total. The van der Waals surface area contributed by atoms with Crippen molar-refractivity contribution >= 4 is 12.1 Å². The molecule has 0 bridgehead atoms. The van der Waals surface area contributed by atoms with Gasteiger partial charge in [0.15, 0.2) is 0 Å². The Morgan fingerprint density at radius 1 is 1.14 bits per heavy atom. The minimum Gasteiger partial charge on any atom is -0.462 e. The molecule has 0 saturated heterocycles. The van der Waals surface area contributed by atoms with Crippen molar-refractivity contribution in [1.82, 2.24) is 4.90 Å². The molecule has 0 heterocycles. The van der Waals surface area contributed by atoms with E-state index in [1.807, 2.05) is 20.8 Å². The SMILES string of the molecule is CCOC(=O)c1ccc(CN(C)C(=O)OC(C)(C)C)cc1. The Labute approximate surface area is 125 Å². The molecule has 1 rings (SSSR count). The van der Waals surface area contributed by atoms with E-state index in [0.29, 0.717) is 18.7 Å². The van der Waals surface area contributed by atoms with E-state index in [2.05, 4.69) is 0 Å². The third-order valence-electron chi connectivity index (χ3n) is 2.59. The van der Waals surface area contributed by atoms with E-state index in [9.17, 15) is 9.59 Å². The van der Waals surface area contributed by atoms with Crippen molar-refractivity contribution in [2.45, 2.75) is 39.8 Å². The van der Waals surface area contributed by atoms with E-state index in [-0.39, 0.29) is 12.1 Å². The molecule has 1 aromatic carbocycles. The van der Waals surface area contributed by atoms with Gasteiger partial charge in [-0.25, -0.2) is 9.59 Å². The van der Waals surface area contributed by atoms with Crippen LogP contribution in [0.1, 0.15) is 43.6 Å². The normalized spacial score (nSPS) is 10.9. The van der Waals surface area contributed by atoms with Crippen LogP contribution in [0.3, 0.4) is 0 Å². The average Bonchev–Trinajstić information content (AvgIpc) is 2.37. The quantitative estimate of drug-likeness (QED) is 0.800. The molecule has 21 heavy (non-hydrogen) atoms. The second-order valence-electron chi connectivity index (χ2n) is 5.75. The van der Waals surface area contributed by atoms with E-state index in [1.165, 1.54) is 4.90 Å². The van der Waals surface area contributed by atoms with Gasteiger partial charge >= 0.3 is 12.1 Å². The van der Waals surface area contributed by atoms with Crippen LogP contribution >= 0.6 is 0 Å². The Hall–Kier alpha value is -2.04. The maximum atomic E-state index is 11.9. The summed E-state index contributed by atoms with van der Waals surface area (Å²) in [6.45, 7) is 8.01. The second kappa shape index (κ2) is 7.11. The first-order chi connectivity index (χ1) is 9.73. The highest BCUT2D eigenvalue weighted by atomic mass is 16.6. The second-order valence-corrected chi connectivity index (χ2v) is 5.75. The monoisotopic (exact) mass is 293 g/mol. The molecule has 1 amide bonds. The van der Waals surface area contributed by atoms with Crippen molar-refractivity contribution in [2.75, 3.05) is 13.7 Å². The molecule has 0 aliphatic heterocycles. The Morgan fingerprint density at radius 2 is 1.71 bits per heavy atom. The van der Waals surface area contributed by atoms with Gasteiger partial charge in [-0.05, 0) is 45.4 Å². The van der Waals surface area contributed by atoms with Crippen LogP contribution in [-0.2, 0) is 16.0 Å². The number of hydrogen-bond acceptors (Lipinski definition) is 4. The molecule has 0 aliphatic rings. The highest BCUT2D eigenvalue weighted by Crippen LogP contribution is 2.12. The molecule has 0 aromatic heterocycles. The molecule has 0 N–H and O–H groups in total. The van der Waals surface area contributed by atoms with Crippen molar-refractivity contribution < 1.29 is 19.1 Å².